The predicted molar refractivity (Wildman–Crippen MR) is 109 cm³/mol. The van der Waals surface area contributed by atoms with Crippen molar-refractivity contribution in [3.63, 3.8) is 0 Å². The summed E-state index contributed by atoms with van der Waals surface area (Å²) in [6.45, 7) is 6.84. The van der Waals surface area contributed by atoms with Gasteiger partial charge in [-0.05, 0) is 33.6 Å². The minimum atomic E-state index is -0.803. The normalized spacial score (nSPS) is 20.7. The Kier molecular flexibility index (Phi) is 8.32. The van der Waals surface area contributed by atoms with Crippen molar-refractivity contribution in [3.05, 3.63) is 0 Å². The number of hydrogen-bond donors (Lipinski definition) is 2. The molecule has 1 atom stereocenters. The van der Waals surface area contributed by atoms with E-state index < -0.39 is 11.6 Å². The second kappa shape index (κ2) is 10.1. The van der Waals surface area contributed by atoms with E-state index in [2.05, 4.69) is 5.32 Å². The van der Waals surface area contributed by atoms with Crippen LogP contribution in [-0.2, 0) is 19.1 Å². The maximum absolute atomic E-state index is 12.5. The largest absolute Gasteiger partial charge is 0.481 e. The zero-order valence-electron chi connectivity index (χ0n) is 16.7. The van der Waals surface area contributed by atoms with Gasteiger partial charge in [-0.15, -0.1) is 0 Å². The Bertz CT molecular complexity index is 577. The van der Waals surface area contributed by atoms with E-state index in [0.29, 0.717) is 31.2 Å². The van der Waals surface area contributed by atoms with Crippen molar-refractivity contribution in [1.29, 1.82) is 0 Å². The summed E-state index contributed by atoms with van der Waals surface area (Å²) in [5, 5.41) is 11.4. The van der Waals surface area contributed by atoms with Gasteiger partial charge in [0.2, 0.25) is 5.91 Å². The van der Waals surface area contributed by atoms with Gasteiger partial charge in [-0.2, -0.15) is 0 Å². The summed E-state index contributed by atoms with van der Waals surface area (Å²) >= 11 is 0. The van der Waals surface area contributed by atoms with Crippen LogP contribution in [0, 0.1) is 0 Å². The van der Waals surface area contributed by atoms with Crippen molar-refractivity contribution < 1.29 is 29.0 Å². The number of nitrogens with zero attached hydrogens (tertiary/aromatic N) is 1. The summed E-state index contributed by atoms with van der Waals surface area (Å²) in [4.78, 5) is 36.9. The van der Waals surface area contributed by atoms with E-state index in [1.165, 1.54) is 21.6 Å². The predicted octanol–water partition coefficient (Wildman–Crippen LogP) is 2.52. The van der Waals surface area contributed by atoms with Crippen LogP contribution in [0.4, 0.5) is 4.79 Å². The number of morpholine rings is 1. The molecular weight excluding hydrogens is 404 g/mol. The molecule has 28 heavy (non-hydrogen) atoms. The number of rotatable bonds is 9. The molecule has 0 bridgehead atoms. The number of carboxylic acids is 1. The van der Waals surface area contributed by atoms with Gasteiger partial charge in [0.25, 0.3) is 0 Å². The monoisotopic (exact) mass is 434 g/mol. The number of carboxylic acid groups (broad SMARTS) is 1. The van der Waals surface area contributed by atoms with E-state index in [0.717, 1.165) is 12.8 Å². The van der Waals surface area contributed by atoms with E-state index in [9.17, 15) is 14.4 Å². The SMILES string of the molecule is CC(C)(C)OC(=O)N1CC(CC(=O)NCCSSCCC(=O)O)OCC12CC2. The molecule has 1 unspecified atom stereocenters. The third-order valence-electron chi connectivity index (χ3n) is 4.39. The molecule has 1 spiro atoms. The van der Waals surface area contributed by atoms with Crippen LogP contribution >= 0.6 is 21.6 Å². The highest BCUT2D eigenvalue weighted by Gasteiger charge is 2.55. The summed E-state index contributed by atoms with van der Waals surface area (Å²) in [6.07, 6.45) is 1.47. The lowest BCUT2D eigenvalue weighted by atomic mass is 10.1. The number of amides is 2. The van der Waals surface area contributed by atoms with Gasteiger partial charge in [0.1, 0.15) is 5.60 Å². The van der Waals surface area contributed by atoms with Crippen LogP contribution in [0.15, 0.2) is 0 Å². The zero-order valence-corrected chi connectivity index (χ0v) is 18.3. The Morgan fingerprint density at radius 3 is 2.54 bits per heavy atom. The van der Waals surface area contributed by atoms with Crippen molar-refractivity contribution in [3.8, 4) is 0 Å². The van der Waals surface area contributed by atoms with Crippen molar-refractivity contribution in [2.75, 3.05) is 31.2 Å². The second-order valence-electron chi connectivity index (χ2n) is 8.09. The number of aliphatic carboxylic acids is 1. The number of hydrogen-bond acceptors (Lipinski definition) is 7. The summed E-state index contributed by atoms with van der Waals surface area (Å²) in [6, 6.07) is 0. The molecule has 1 aliphatic heterocycles. The first-order chi connectivity index (χ1) is 13.1. The molecule has 1 aliphatic carbocycles. The molecule has 1 saturated carbocycles. The van der Waals surface area contributed by atoms with Crippen molar-refractivity contribution in [1.82, 2.24) is 10.2 Å². The van der Waals surface area contributed by atoms with Crippen LogP contribution in [0.5, 0.6) is 0 Å². The summed E-state index contributed by atoms with van der Waals surface area (Å²) < 4.78 is 11.4. The molecule has 10 heteroatoms. The molecule has 2 rings (SSSR count). The third-order valence-corrected chi connectivity index (χ3v) is 6.80. The first-order valence-electron chi connectivity index (χ1n) is 9.46. The summed E-state index contributed by atoms with van der Waals surface area (Å²) in [7, 11) is 3.02. The maximum Gasteiger partial charge on any atom is 0.410 e. The Labute approximate surface area is 173 Å². The van der Waals surface area contributed by atoms with Crippen LogP contribution in [0.25, 0.3) is 0 Å². The van der Waals surface area contributed by atoms with Crippen LogP contribution in [0.3, 0.4) is 0 Å². The molecule has 0 aromatic carbocycles. The molecule has 0 aromatic rings. The first kappa shape index (κ1) is 23.2. The number of carbonyl (C=O) groups is 3. The Balaban J connectivity index is 1.68. The average molecular weight is 435 g/mol. The van der Waals surface area contributed by atoms with Crippen LogP contribution in [0.2, 0.25) is 0 Å². The number of carbonyl (C=O) groups excluding carboxylic acids is 2. The molecule has 1 saturated heterocycles. The quantitative estimate of drug-likeness (QED) is 0.421. The lowest BCUT2D eigenvalue weighted by Crippen LogP contribution is -2.55. The molecule has 160 valence electrons. The first-order valence-corrected chi connectivity index (χ1v) is 12.0. The Hall–Kier alpha value is -1.13. The minimum Gasteiger partial charge on any atom is -0.481 e. The molecule has 2 amide bonds. The summed E-state index contributed by atoms with van der Waals surface area (Å²) in [5.41, 5.74) is -0.808. The topological polar surface area (TPSA) is 105 Å². The van der Waals surface area contributed by atoms with Gasteiger partial charge in [0, 0.05) is 18.1 Å². The van der Waals surface area contributed by atoms with Crippen molar-refractivity contribution in [2.24, 2.45) is 0 Å². The van der Waals surface area contributed by atoms with Gasteiger partial charge in [-0.25, -0.2) is 4.79 Å². The van der Waals surface area contributed by atoms with Crippen LogP contribution < -0.4 is 5.32 Å². The minimum absolute atomic E-state index is 0.114. The molecule has 1 heterocycles. The smallest absolute Gasteiger partial charge is 0.410 e. The maximum atomic E-state index is 12.5. The third kappa shape index (κ3) is 7.71. The molecule has 8 nitrogen and oxygen atoms in total. The Morgan fingerprint density at radius 2 is 1.93 bits per heavy atom. The van der Waals surface area contributed by atoms with Crippen molar-refractivity contribution >= 4 is 39.6 Å². The van der Waals surface area contributed by atoms with Gasteiger partial charge >= 0.3 is 12.1 Å². The van der Waals surface area contributed by atoms with Gasteiger partial charge < -0.3 is 19.9 Å². The van der Waals surface area contributed by atoms with E-state index in [1.807, 2.05) is 20.8 Å². The van der Waals surface area contributed by atoms with Gasteiger partial charge in [-0.3, -0.25) is 14.5 Å². The fourth-order valence-electron chi connectivity index (χ4n) is 2.83. The molecule has 2 fully saturated rings. The van der Waals surface area contributed by atoms with Gasteiger partial charge in [0.15, 0.2) is 0 Å². The molecule has 2 N–H and O–H groups in total. The summed E-state index contributed by atoms with van der Waals surface area (Å²) in [5.74, 6) is 0.333. The lowest BCUT2D eigenvalue weighted by molar-refractivity contribution is -0.136. The van der Waals surface area contributed by atoms with E-state index >= 15 is 0 Å². The zero-order chi connectivity index (χ0) is 20.8. The second-order valence-corrected chi connectivity index (χ2v) is 10.8. The van der Waals surface area contributed by atoms with Crippen molar-refractivity contribution in [2.45, 2.75) is 63.7 Å². The molecule has 2 aliphatic rings. The van der Waals surface area contributed by atoms with E-state index in [-0.39, 0.29) is 36.5 Å². The fraction of sp³-hybridized carbons (Fsp3) is 0.833. The van der Waals surface area contributed by atoms with E-state index in [1.54, 1.807) is 4.90 Å². The van der Waals surface area contributed by atoms with Crippen LogP contribution in [-0.4, -0.2) is 76.4 Å². The molecule has 0 radical (unpaired) electrons. The fourth-order valence-corrected chi connectivity index (χ4v) is 4.71. The average Bonchev–Trinajstić information content (AvgIpc) is 3.34. The number of ether oxygens (including phenoxy) is 2. The molecular formula is C18H30N2O6S2. The highest BCUT2D eigenvalue weighted by atomic mass is 33.1. The van der Waals surface area contributed by atoms with Crippen LogP contribution in [0.1, 0.15) is 46.5 Å². The van der Waals surface area contributed by atoms with Gasteiger partial charge in [0.05, 0.1) is 37.6 Å². The highest BCUT2D eigenvalue weighted by molar-refractivity contribution is 8.76. The lowest BCUT2D eigenvalue weighted by Gasteiger charge is -2.40. The molecule has 0 aromatic heterocycles. The highest BCUT2D eigenvalue weighted by Crippen LogP contribution is 2.45. The Morgan fingerprint density at radius 1 is 1.25 bits per heavy atom. The van der Waals surface area contributed by atoms with Gasteiger partial charge in [-0.1, -0.05) is 21.6 Å². The standard InChI is InChI=1S/C18H30N2O6S2/c1-17(2,3)26-16(24)20-11-13(25-12-18(20)5-6-18)10-14(21)19-7-9-28-27-8-4-15(22)23/h13H,4-12H2,1-3H3,(H,19,21)(H,22,23). The number of nitrogens with one attached hydrogen (secondary N) is 1. The van der Waals surface area contributed by atoms with E-state index in [4.69, 9.17) is 14.6 Å².